The molecule has 0 fully saturated rings. The van der Waals surface area contributed by atoms with Crippen molar-refractivity contribution >= 4 is 31.6 Å². The molecule has 0 amide bonds. The molecular formula is C11H12BrFN4O2S. The third kappa shape index (κ3) is 2.84. The maximum absolute atomic E-state index is 13.6. The molecule has 0 saturated carbocycles. The maximum atomic E-state index is 13.6. The van der Waals surface area contributed by atoms with Crippen LogP contribution in [0.25, 0.3) is 0 Å². The molecule has 2 rings (SSSR count). The summed E-state index contributed by atoms with van der Waals surface area (Å²) < 4.78 is 41.0. The number of nitrogens with one attached hydrogen (secondary N) is 2. The average Bonchev–Trinajstić information content (AvgIpc) is 2.75. The zero-order chi connectivity index (χ0) is 14.9. The fourth-order valence-corrected chi connectivity index (χ4v) is 3.53. The Bertz CT molecular complexity index is 745. The minimum Gasteiger partial charge on any atom is -0.325 e. The number of nitrogens with two attached hydrogens (primary N) is 1. The van der Waals surface area contributed by atoms with Crippen LogP contribution in [0.4, 0.5) is 10.1 Å². The normalized spacial score (nSPS) is 11.6. The highest BCUT2D eigenvalue weighted by Crippen LogP contribution is 2.25. The smallest absolute Gasteiger partial charge is 0.265 e. The van der Waals surface area contributed by atoms with E-state index in [1.807, 2.05) is 0 Å². The molecule has 2 aromatic rings. The van der Waals surface area contributed by atoms with Gasteiger partial charge in [0.05, 0.1) is 17.1 Å². The second-order valence-corrected chi connectivity index (χ2v) is 6.59. The molecular weight excluding hydrogens is 351 g/mol. The highest BCUT2D eigenvalue weighted by molar-refractivity contribution is 9.10. The summed E-state index contributed by atoms with van der Waals surface area (Å²) in [6.07, 6.45) is 0. The standard InChI is InChI=1S/C11H12BrFN4O2S/c1-6-11(10(5-14)16-15-6)20(18,19)17-9-4-7(12)2-3-8(9)13/h2-4,17H,5,14H2,1H3,(H,15,16). The molecule has 9 heteroatoms. The van der Waals surface area contributed by atoms with E-state index in [4.69, 9.17) is 5.73 Å². The van der Waals surface area contributed by atoms with E-state index in [2.05, 4.69) is 30.8 Å². The van der Waals surface area contributed by atoms with E-state index in [1.54, 1.807) is 6.92 Å². The minimum atomic E-state index is -3.97. The Balaban J connectivity index is 2.46. The number of hydrogen-bond donors (Lipinski definition) is 3. The molecule has 108 valence electrons. The lowest BCUT2D eigenvalue weighted by atomic mass is 10.3. The zero-order valence-corrected chi connectivity index (χ0v) is 12.8. The molecule has 0 spiro atoms. The number of hydrogen-bond acceptors (Lipinski definition) is 4. The Morgan fingerprint density at radius 3 is 2.85 bits per heavy atom. The molecule has 0 saturated heterocycles. The number of nitrogens with zero attached hydrogens (tertiary/aromatic N) is 1. The van der Waals surface area contributed by atoms with Crippen LogP contribution in [0.15, 0.2) is 27.6 Å². The molecule has 0 radical (unpaired) electrons. The molecule has 0 unspecified atom stereocenters. The van der Waals surface area contributed by atoms with Crippen molar-refractivity contribution < 1.29 is 12.8 Å². The van der Waals surface area contributed by atoms with Gasteiger partial charge in [0.25, 0.3) is 10.0 Å². The first-order valence-corrected chi connectivity index (χ1v) is 7.84. The SMILES string of the molecule is Cc1[nH]nc(CN)c1S(=O)(=O)Nc1cc(Br)ccc1F. The molecule has 0 atom stereocenters. The lowest BCUT2D eigenvalue weighted by Crippen LogP contribution is -2.17. The van der Waals surface area contributed by atoms with Crippen molar-refractivity contribution in [1.29, 1.82) is 0 Å². The van der Waals surface area contributed by atoms with Gasteiger partial charge in [-0.2, -0.15) is 5.10 Å². The van der Waals surface area contributed by atoms with Crippen LogP contribution >= 0.6 is 15.9 Å². The number of halogens is 2. The third-order valence-corrected chi connectivity index (χ3v) is 4.66. The first-order valence-electron chi connectivity index (χ1n) is 5.57. The van der Waals surface area contributed by atoms with E-state index in [9.17, 15) is 12.8 Å². The predicted octanol–water partition coefficient (Wildman–Crippen LogP) is 1.88. The Kier molecular flexibility index (Phi) is 4.11. The summed E-state index contributed by atoms with van der Waals surface area (Å²) in [5.41, 5.74) is 5.84. The topological polar surface area (TPSA) is 101 Å². The molecule has 20 heavy (non-hydrogen) atoms. The number of rotatable bonds is 4. The van der Waals surface area contributed by atoms with Gasteiger partial charge >= 0.3 is 0 Å². The Morgan fingerprint density at radius 2 is 2.20 bits per heavy atom. The largest absolute Gasteiger partial charge is 0.325 e. The highest BCUT2D eigenvalue weighted by Gasteiger charge is 2.24. The van der Waals surface area contributed by atoms with Gasteiger partial charge in [-0.3, -0.25) is 9.82 Å². The Hall–Kier alpha value is -1.45. The van der Waals surface area contributed by atoms with Gasteiger partial charge in [0.1, 0.15) is 10.7 Å². The number of benzene rings is 1. The number of anilines is 1. The van der Waals surface area contributed by atoms with Crippen molar-refractivity contribution in [2.75, 3.05) is 4.72 Å². The van der Waals surface area contributed by atoms with Gasteiger partial charge in [0.15, 0.2) is 0 Å². The second-order valence-electron chi connectivity index (χ2n) is 4.06. The number of aromatic amines is 1. The van der Waals surface area contributed by atoms with Crippen LogP contribution in [0.2, 0.25) is 0 Å². The van der Waals surface area contributed by atoms with Crippen LogP contribution in [-0.2, 0) is 16.6 Å². The quantitative estimate of drug-likeness (QED) is 0.772. The Morgan fingerprint density at radius 1 is 1.50 bits per heavy atom. The number of sulfonamides is 1. The predicted molar refractivity (Wildman–Crippen MR) is 76.1 cm³/mol. The lowest BCUT2D eigenvalue weighted by molar-refractivity contribution is 0.597. The van der Waals surface area contributed by atoms with Crippen LogP contribution < -0.4 is 10.5 Å². The van der Waals surface area contributed by atoms with Gasteiger partial charge in [0, 0.05) is 11.0 Å². The summed E-state index contributed by atoms with van der Waals surface area (Å²) in [6.45, 7) is 1.51. The summed E-state index contributed by atoms with van der Waals surface area (Å²) in [6, 6.07) is 3.97. The molecule has 1 aromatic carbocycles. The molecule has 1 aromatic heterocycles. The van der Waals surface area contributed by atoms with Gasteiger partial charge in [-0.05, 0) is 25.1 Å². The van der Waals surface area contributed by atoms with Crippen LogP contribution in [0.1, 0.15) is 11.4 Å². The van der Waals surface area contributed by atoms with Gasteiger partial charge in [-0.1, -0.05) is 15.9 Å². The van der Waals surface area contributed by atoms with Gasteiger partial charge in [0.2, 0.25) is 0 Å². The summed E-state index contributed by atoms with van der Waals surface area (Å²) in [7, 11) is -3.97. The molecule has 6 nitrogen and oxygen atoms in total. The first-order chi connectivity index (χ1) is 9.35. The van der Waals surface area contributed by atoms with Gasteiger partial charge in [-0.15, -0.1) is 0 Å². The molecule has 0 aliphatic carbocycles. The van der Waals surface area contributed by atoms with Crippen molar-refractivity contribution in [1.82, 2.24) is 10.2 Å². The number of aryl methyl sites for hydroxylation is 1. The fourth-order valence-electron chi connectivity index (χ4n) is 1.74. The summed E-state index contributed by atoms with van der Waals surface area (Å²) >= 11 is 3.16. The average molecular weight is 363 g/mol. The summed E-state index contributed by atoms with van der Waals surface area (Å²) in [5, 5.41) is 6.36. The van der Waals surface area contributed by atoms with Crippen LogP contribution in [0.3, 0.4) is 0 Å². The number of aromatic nitrogens is 2. The summed E-state index contributed by atoms with van der Waals surface area (Å²) in [5.74, 6) is -0.674. The molecule has 4 N–H and O–H groups in total. The van der Waals surface area contributed by atoms with Crippen molar-refractivity contribution in [2.45, 2.75) is 18.4 Å². The van der Waals surface area contributed by atoms with E-state index in [1.165, 1.54) is 12.1 Å². The maximum Gasteiger partial charge on any atom is 0.265 e. The number of H-pyrrole nitrogens is 1. The van der Waals surface area contributed by atoms with Crippen molar-refractivity contribution in [3.8, 4) is 0 Å². The van der Waals surface area contributed by atoms with Crippen LogP contribution in [0.5, 0.6) is 0 Å². The van der Waals surface area contributed by atoms with E-state index in [-0.39, 0.29) is 22.8 Å². The third-order valence-electron chi connectivity index (χ3n) is 2.60. The molecule has 0 bridgehead atoms. The van der Waals surface area contributed by atoms with Crippen LogP contribution in [-0.4, -0.2) is 18.6 Å². The Labute approximate surface area is 123 Å². The van der Waals surface area contributed by atoms with E-state index in [0.717, 1.165) is 6.07 Å². The second kappa shape index (κ2) is 5.51. The molecule has 0 aliphatic heterocycles. The lowest BCUT2D eigenvalue weighted by Gasteiger charge is -2.10. The fraction of sp³-hybridized carbons (Fsp3) is 0.182. The molecule has 0 aliphatic rings. The van der Waals surface area contributed by atoms with E-state index < -0.39 is 15.8 Å². The first kappa shape index (κ1) is 14.9. The van der Waals surface area contributed by atoms with Crippen molar-refractivity contribution in [3.05, 3.63) is 39.9 Å². The van der Waals surface area contributed by atoms with Gasteiger partial charge in [-0.25, -0.2) is 12.8 Å². The van der Waals surface area contributed by atoms with Crippen LogP contribution in [0, 0.1) is 12.7 Å². The minimum absolute atomic E-state index is 0.0401. The van der Waals surface area contributed by atoms with E-state index >= 15 is 0 Å². The zero-order valence-electron chi connectivity index (χ0n) is 10.4. The summed E-state index contributed by atoms with van der Waals surface area (Å²) in [4.78, 5) is -0.0561. The molecule has 1 heterocycles. The monoisotopic (exact) mass is 362 g/mol. The van der Waals surface area contributed by atoms with Gasteiger partial charge < -0.3 is 5.73 Å². The van der Waals surface area contributed by atoms with Crippen molar-refractivity contribution in [3.63, 3.8) is 0 Å². The van der Waals surface area contributed by atoms with E-state index in [0.29, 0.717) is 10.2 Å². The van der Waals surface area contributed by atoms with Crippen molar-refractivity contribution in [2.24, 2.45) is 5.73 Å². The highest BCUT2D eigenvalue weighted by atomic mass is 79.9.